The van der Waals surface area contributed by atoms with Gasteiger partial charge in [0.25, 0.3) is 5.91 Å². The minimum atomic E-state index is -4.94. The van der Waals surface area contributed by atoms with Gasteiger partial charge in [-0.25, -0.2) is 19.3 Å². The van der Waals surface area contributed by atoms with Crippen LogP contribution in [0.25, 0.3) is 22.0 Å². The smallest absolute Gasteiger partial charge is 0.418 e. The topological polar surface area (TPSA) is 151 Å². The summed E-state index contributed by atoms with van der Waals surface area (Å²) in [6.07, 6.45) is -1.03. The van der Waals surface area contributed by atoms with Crippen molar-refractivity contribution in [1.29, 1.82) is 5.41 Å². The van der Waals surface area contributed by atoms with Crippen molar-refractivity contribution in [2.45, 2.75) is 76.4 Å². The van der Waals surface area contributed by atoms with Gasteiger partial charge in [-0.1, -0.05) is 6.08 Å². The average molecular weight is 671 g/mol. The Morgan fingerprint density at radius 2 is 2.04 bits per heavy atom. The van der Waals surface area contributed by atoms with Gasteiger partial charge in [-0.05, 0) is 58.6 Å². The lowest BCUT2D eigenvalue weighted by Crippen LogP contribution is -2.58. The molecule has 3 aliphatic heterocycles. The zero-order chi connectivity index (χ0) is 34.8. The van der Waals surface area contributed by atoms with Crippen LogP contribution < -0.4 is 26.0 Å². The van der Waals surface area contributed by atoms with Crippen LogP contribution in [0.5, 0.6) is 5.88 Å². The number of nitrogens with zero attached hydrogens (tertiary/aromatic N) is 4. The molecular formula is C33H38F4N8O3. The number of amides is 1. The molecule has 3 fully saturated rings. The van der Waals surface area contributed by atoms with E-state index in [9.17, 15) is 18.0 Å². The number of halogens is 4. The van der Waals surface area contributed by atoms with E-state index >= 15 is 4.39 Å². The number of ether oxygens (including phenoxy) is 2. The van der Waals surface area contributed by atoms with Crippen molar-refractivity contribution >= 4 is 34.5 Å². The number of pyridine rings is 3. The average Bonchev–Trinajstić information content (AvgIpc) is 3.59. The minimum absolute atomic E-state index is 0.0644. The van der Waals surface area contributed by atoms with Gasteiger partial charge in [-0.2, -0.15) is 13.2 Å². The van der Waals surface area contributed by atoms with E-state index in [1.165, 1.54) is 6.92 Å². The van der Waals surface area contributed by atoms with E-state index in [-0.39, 0.29) is 57.7 Å². The molecule has 3 aromatic rings. The van der Waals surface area contributed by atoms with Crippen molar-refractivity contribution in [1.82, 2.24) is 25.6 Å². The molecule has 11 nitrogen and oxygen atoms in total. The van der Waals surface area contributed by atoms with Gasteiger partial charge < -0.3 is 36.2 Å². The Kier molecular flexibility index (Phi) is 8.35. The summed E-state index contributed by atoms with van der Waals surface area (Å²) in [6, 6.07) is 1.00. The summed E-state index contributed by atoms with van der Waals surface area (Å²) in [5.74, 6) is -2.05. The molecule has 0 aliphatic carbocycles. The van der Waals surface area contributed by atoms with Gasteiger partial charge in [-0.15, -0.1) is 6.58 Å². The van der Waals surface area contributed by atoms with Gasteiger partial charge in [0.2, 0.25) is 5.88 Å². The Morgan fingerprint density at radius 1 is 1.29 bits per heavy atom. The second-order valence-electron chi connectivity index (χ2n) is 13.2. The van der Waals surface area contributed by atoms with Gasteiger partial charge in [0.1, 0.15) is 29.1 Å². The molecule has 15 heteroatoms. The van der Waals surface area contributed by atoms with Crippen LogP contribution in [0, 0.1) is 25.1 Å². The second kappa shape index (κ2) is 11.9. The number of nitrogens with two attached hydrogens (primary N) is 1. The molecule has 256 valence electrons. The fourth-order valence-corrected chi connectivity index (χ4v) is 7.11. The number of aryl methyl sites for hydroxylation is 2. The minimum Gasteiger partial charge on any atom is -0.468 e. The molecule has 48 heavy (non-hydrogen) atoms. The fourth-order valence-electron chi connectivity index (χ4n) is 7.11. The highest BCUT2D eigenvalue weighted by atomic mass is 19.4. The number of alkyl halides is 3. The maximum Gasteiger partial charge on any atom is 0.418 e. The Balaban J connectivity index is 1.68. The number of aromatic nitrogens is 3. The molecule has 5 N–H and O–H groups in total. The predicted octanol–water partition coefficient (Wildman–Crippen LogP) is 4.87. The lowest BCUT2D eigenvalue weighted by molar-refractivity contribution is -0.137. The first-order valence-electron chi connectivity index (χ1n) is 15.7. The Morgan fingerprint density at radius 3 is 2.67 bits per heavy atom. The summed E-state index contributed by atoms with van der Waals surface area (Å²) < 4.78 is 72.2. The summed E-state index contributed by atoms with van der Waals surface area (Å²) in [7, 11) is 0. The van der Waals surface area contributed by atoms with Crippen molar-refractivity contribution in [3.63, 3.8) is 0 Å². The van der Waals surface area contributed by atoms with Crippen molar-refractivity contribution in [2.75, 3.05) is 36.9 Å². The zero-order valence-corrected chi connectivity index (χ0v) is 27.1. The van der Waals surface area contributed by atoms with E-state index in [0.717, 1.165) is 32.0 Å². The molecule has 3 saturated heterocycles. The highest BCUT2D eigenvalue weighted by Crippen LogP contribution is 2.46. The van der Waals surface area contributed by atoms with Crippen LogP contribution in [0.15, 0.2) is 18.7 Å². The van der Waals surface area contributed by atoms with E-state index in [4.69, 9.17) is 25.6 Å². The summed E-state index contributed by atoms with van der Waals surface area (Å²) in [6.45, 7) is 11.6. The summed E-state index contributed by atoms with van der Waals surface area (Å²) in [5, 5.41) is 14.2. The number of piperazine rings is 1. The Labute approximate surface area is 274 Å². The van der Waals surface area contributed by atoms with E-state index in [1.807, 2.05) is 4.90 Å². The van der Waals surface area contributed by atoms with E-state index in [2.05, 4.69) is 34.1 Å². The van der Waals surface area contributed by atoms with Crippen LogP contribution in [-0.2, 0) is 10.9 Å². The molecule has 1 amide bonds. The van der Waals surface area contributed by atoms with Crippen LogP contribution in [0.3, 0.4) is 0 Å². The number of hydrogen-bond acceptors (Lipinski definition) is 10. The molecule has 0 unspecified atom stereocenters. The zero-order valence-electron chi connectivity index (χ0n) is 27.1. The van der Waals surface area contributed by atoms with Gasteiger partial charge in [0.05, 0.1) is 28.8 Å². The van der Waals surface area contributed by atoms with Crippen LogP contribution in [0.4, 0.5) is 29.2 Å². The summed E-state index contributed by atoms with van der Waals surface area (Å²) >= 11 is 0. The quantitative estimate of drug-likeness (QED) is 0.150. The molecule has 0 saturated carbocycles. The molecule has 6 heterocycles. The standard InChI is InChI=1S/C33H38F4N8O3/c1-6-32(9-10-47-15-32)44-29(46)26-17(3)22-23(28(41-26)45-13-19-7-8-31(5,14-45)43-19)30(48-16(2)12-38)42-27(25(22)34)20-11-21(39)40-18(4)24(20)33(35,36)37/h6,11-12,16,19,38,43H,1,7-10,13-15H2,2-5H3,(H2,39,40)(H,44,46)/t16-,19-,31+,32-/m0/s1. The van der Waals surface area contributed by atoms with Gasteiger partial charge in [0.15, 0.2) is 5.82 Å². The first-order valence-corrected chi connectivity index (χ1v) is 15.7. The van der Waals surface area contributed by atoms with Gasteiger partial charge >= 0.3 is 6.18 Å². The predicted molar refractivity (Wildman–Crippen MR) is 173 cm³/mol. The highest BCUT2D eigenvalue weighted by Gasteiger charge is 2.44. The van der Waals surface area contributed by atoms with Crippen LogP contribution in [-0.4, -0.2) is 76.6 Å². The highest BCUT2D eigenvalue weighted by molar-refractivity contribution is 6.07. The van der Waals surface area contributed by atoms with E-state index in [0.29, 0.717) is 26.1 Å². The molecule has 0 radical (unpaired) electrons. The Hall–Kier alpha value is -4.37. The maximum atomic E-state index is 17.2. The fraction of sp³-hybridized carbons (Fsp3) is 0.485. The number of anilines is 2. The summed E-state index contributed by atoms with van der Waals surface area (Å²) in [5.41, 5.74) is 1.65. The third kappa shape index (κ3) is 5.82. The van der Waals surface area contributed by atoms with E-state index in [1.54, 1.807) is 13.0 Å². The largest absolute Gasteiger partial charge is 0.468 e. The normalized spacial score (nSPS) is 24.5. The number of nitrogens with one attached hydrogen (secondary N) is 3. The number of carbonyl (C=O) groups is 1. The van der Waals surface area contributed by atoms with Crippen LogP contribution in [0.1, 0.15) is 60.4 Å². The Bertz CT molecular complexity index is 1830. The maximum absolute atomic E-state index is 17.2. The molecule has 6 rings (SSSR count). The van der Waals surface area contributed by atoms with E-state index < -0.39 is 52.1 Å². The third-order valence-electron chi connectivity index (χ3n) is 9.46. The molecule has 0 spiro atoms. The third-order valence-corrected chi connectivity index (χ3v) is 9.46. The lowest BCUT2D eigenvalue weighted by Gasteiger charge is -2.40. The molecule has 4 atom stereocenters. The van der Waals surface area contributed by atoms with Crippen molar-refractivity contribution in [3.8, 4) is 17.1 Å². The lowest BCUT2D eigenvalue weighted by atomic mass is 9.95. The molecule has 3 aliphatic rings. The first kappa shape index (κ1) is 33.5. The van der Waals surface area contributed by atoms with Gasteiger partial charge in [0, 0.05) is 48.4 Å². The SMILES string of the molecule is C=C[C@]1(NC(=O)c2nc(N3C[C@@H]4CC[C@](C)(C3)N4)c3c(O[C@@H](C)C=N)nc(-c4cc(N)nc(C)c4C(F)(F)F)c(F)c3c2C)CCOC1. The van der Waals surface area contributed by atoms with Crippen LogP contribution >= 0.6 is 0 Å². The number of hydrogen-bond donors (Lipinski definition) is 4. The molecule has 2 bridgehead atoms. The first-order chi connectivity index (χ1) is 22.6. The van der Waals surface area contributed by atoms with Gasteiger partial charge in [-0.3, -0.25) is 4.79 Å². The molecule has 0 aromatic carbocycles. The monoisotopic (exact) mass is 670 g/mol. The second-order valence-corrected chi connectivity index (χ2v) is 13.2. The van der Waals surface area contributed by atoms with Crippen molar-refractivity contribution in [3.05, 3.63) is 47.1 Å². The number of nitrogen functional groups attached to an aromatic ring is 1. The number of carbonyl (C=O) groups excluding carboxylic acids is 1. The van der Waals surface area contributed by atoms with Crippen molar-refractivity contribution < 1.29 is 31.8 Å². The molecule has 3 aromatic heterocycles. The molecular weight excluding hydrogens is 632 g/mol. The summed E-state index contributed by atoms with van der Waals surface area (Å²) in [4.78, 5) is 29.0. The van der Waals surface area contributed by atoms with Crippen LogP contribution in [0.2, 0.25) is 0 Å². The number of fused-ring (bicyclic) bond motifs is 3. The van der Waals surface area contributed by atoms with Crippen molar-refractivity contribution in [2.24, 2.45) is 0 Å². The number of rotatable bonds is 8.